The van der Waals surface area contributed by atoms with Crippen molar-refractivity contribution in [3.8, 4) is 11.8 Å². The highest BCUT2D eigenvalue weighted by atomic mass is 32.1. The molecule has 1 aromatic carbocycles. The van der Waals surface area contributed by atoms with E-state index in [0.29, 0.717) is 6.54 Å². The lowest BCUT2D eigenvalue weighted by Gasteiger charge is -2.23. The first-order chi connectivity index (χ1) is 11.5. The lowest BCUT2D eigenvalue weighted by molar-refractivity contribution is 0.305. The maximum absolute atomic E-state index is 9.35. The highest BCUT2D eigenvalue weighted by molar-refractivity contribution is 7.09. The van der Waals surface area contributed by atoms with Gasteiger partial charge in [0.05, 0.1) is 25.8 Å². The third-order valence-electron chi connectivity index (χ3n) is 3.68. The molecule has 2 aromatic rings. The topological polar surface area (TPSA) is 61.5 Å². The highest BCUT2D eigenvalue weighted by Crippen LogP contribution is 2.23. The van der Waals surface area contributed by atoms with Gasteiger partial charge in [0.2, 0.25) is 0 Å². The quantitative estimate of drug-likeness (QED) is 0.723. The zero-order chi connectivity index (χ0) is 17.5. The Balaban J connectivity index is 2.12. The highest BCUT2D eigenvalue weighted by Gasteiger charge is 2.15. The molecule has 0 bridgehead atoms. The molecule has 2 atom stereocenters. The second kappa shape index (κ2) is 8.57. The van der Waals surface area contributed by atoms with E-state index in [4.69, 9.17) is 4.74 Å². The van der Waals surface area contributed by atoms with E-state index in [1.165, 1.54) is 11.3 Å². The predicted molar refractivity (Wildman–Crippen MR) is 98.0 cm³/mol. The molecule has 0 amide bonds. The fraction of sp³-hybridized carbons (Fsp3) is 0.389. The molecule has 0 fully saturated rings. The molecule has 0 unspecified atom stereocenters. The second-order valence-electron chi connectivity index (χ2n) is 5.70. The van der Waals surface area contributed by atoms with Gasteiger partial charge in [0.15, 0.2) is 0 Å². The Morgan fingerprint density at radius 1 is 1.46 bits per heavy atom. The SMILES string of the molecule is COc1cccc([C@@H](CN=C[C@@H](C#N)c2nc(C)cs2)N(C)C)c1. The molecule has 6 heteroatoms. The minimum atomic E-state index is -0.392. The number of aromatic nitrogens is 1. The van der Waals surface area contributed by atoms with Crippen LogP contribution in [0, 0.1) is 18.3 Å². The van der Waals surface area contributed by atoms with Crippen LogP contribution in [0.4, 0.5) is 0 Å². The van der Waals surface area contributed by atoms with Crippen LogP contribution in [0.5, 0.6) is 5.75 Å². The third kappa shape index (κ3) is 4.63. The van der Waals surface area contributed by atoms with Crippen LogP contribution in [0.15, 0.2) is 34.6 Å². The van der Waals surface area contributed by atoms with E-state index in [0.717, 1.165) is 22.0 Å². The monoisotopic (exact) mass is 342 g/mol. The Kier molecular flexibility index (Phi) is 6.47. The van der Waals surface area contributed by atoms with Crippen molar-refractivity contribution in [2.75, 3.05) is 27.7 Å². The number of hydrogen-bond donors (Lipinski definition) is 0. The predicted octanol–water partition coefficient (Wildman–Crippen LogP) is 3.44. The molecule has 0 aliphatic rings. The first-order valence-electron chi connectivity index (χ1n) is 7.67. The van der Waals surface area contributed by atoms with Crippen LogP contribution >= 0.6 is 11.3 Å². The van der Waals surface area contributed by atoms with Gasteiger partial charge in [-0.15, -0.1) is 11.3 Å². The molecule has 0 saturated carbocycles. The lowest BCUT2D eigenvalue weighted by Crippen LogP contribution is -2.22. The van der Waals surface area contributed by atoms with Crippen LogP contribution in [-0.4, -0.2) is 43.8 Å². The van der Waals surface area contributed by atoms with Crippen molar-refractivity contribution in [2.45, 2.75) is 18.9 Å². The normalized spacial score (nSPS) is 13.8. The molecule has 0 aliphatic heterocycles. The zero-order valence-electron chi connectivity index (χ0n) is 14.4. The minimum absolute atomic E-state index is 0.119. The lowest BCUT2D eigenvalue weighted by atomic mass is 10.1. The number of methoxy groups -OCH3 is 1. The van der Waals surface area contributed by atoms with Crippen molar-refractivity contribution in [1.82, 2.24) is 9.88 Å². The molecule has 126 valence electrons. The first-order valence-corrected chi connectivity index (χ1v) is 8.55. The van der Waals surface area contributed by atoms with Gasteiger partial charge in [-0.1, -0.05) is 12.1 Å². The summed E-state index contributed by atoms with van der Waals surface area (Å²) in [6, 6.07) is 10.4. The number of nitrogens with zero attached hydrogens (tertiary/aromatic N) is 4. The number of likely N-dealkylation sites (N-methyl/N-ethyl adjacent to an activating group) is 1. The van der Waals surface area contributed by atoms with E-state index in [9.17, 15) is 5.26 Å². The molecular weight excluding hydrogens is 320 g/mol. The van der Waals surface area contributed by atoms with E-state index in [-0.39, 0.29) is 6.04 Å². The Morgan fingerprint density at radius 2 is 2.25 bits per heavy atom. The molecule has 1 aromatic heterocycles. The summed E-state index contributed by atoms with van der Waals surface area (Å²) in [7, 11) is 5.70. The maximum Gasteiger partial charge on any atom is 0.133 e. The number of aryl methyl sites for hydroxylation is 1. The Bertz CT molecular complexity index is 733. The van der Waals surface area contributed by atoms with Crippen LogP contribution in [-0.2, 0) is 0 Å². The Hall–Kier alpha value is -2.23. The average Bonchev–Trinajstić information content (AvgIpc) is 3.01. The minimum Gasteiger partial charge on any atom is -0.497 e. The van der Waals surface area contributed by atoms with Gasteiger partial charge in [-0.3, -0.25) is 4.99 Å². The summed E-state index contributed by atoms with van der Waals surface area (Å²) in [5, 5.41) is 12.1. The van der Waals surface area contributed by atoms with Crippen molar-refractivity contribution in [3.05, 3.63) is 45.9 Å². The molecule has 5 nitrogen and oxygen atoms in total. The number of nitriles is 1. The molecule has 24 heavy (non-hydrogen) atoms. The zero-order valence-corrected chi connectivity index (χ0v) is 15.2. The summed E-state index contributed by atoms with van der Waals surface area (Å²) in [5.74, 6) is 0.438. The second-order valence-corrected chi connectivity index (χ2v) is 6.59. The van der Waals surface area contributed by atoms with Gasteiger partial charge in [-0.2, -0.15) is 5.26 Å². The average molecular weight is 342 g/mol. The Labute approximate surface area is 147 Å². The van der Waals surface area contributed by atoms with Crippen LogP contribution < -0.4 is 4.74 Å². The number of thiazole rings is 1. The summed E-state index contributed by atoms with van der Waals surface area (Å²) in [6.07, 6.45) is 1.70. The molecular formula is C18H22N4OS. The maximum atomic E-state index is 9.35. The summed E-state index contributed by atoms with van der Waals surface area (Å²) in [4.78, 5) is 11.0. The van der Waals surface area contributed by atoms with Gasteiger partial charge in [0.25, 0.3) is 0 Å². The molecule has 0 spiro atoms. The number of hydrogen-bond acceptors (Lipinski definition) is 6. The number of ether oxygens (including phenoxy) is 1. The Morgan fingerprint density at radius 3 is 2.83 bits per heavy atom. The largest absolute Gasteiger partial charge is 0.497 e. The summed E-state index contributed by atoms with van der Waals surface area (Å²) >= 11 is 1.50. The van der Waals surface area contributed by atoms with E-state index in [1.54, 1.807) is 13.3 Å². The van der Waals surface area contributed by atoms with Crippen LogP contribution in [0.2, 0.25) is 0 Å². The van der Waals surface area contributed by atoms with Gasteiger partial charge in [0.1, 0.15) is 16.7 Å². The summed E-state index contributed by atoms with van der Waals surface area (Å²) < 4.78 is 5.30. The molecule has 0 radical (unpaired) electrons. The van der Waals surface area contributed by atoms with Crippen molar-refractivity contribution < 1.29 is 4.74 Å². The fourth-order valence-electron chi connectivity index (χ4n) is 2.35. The molecule has 1 heterocycles. The van der Waals surface area contributed by atoms with Crippen molar-refractivity contribution in [1.29, 1.82) is 5.26 Å². The molecule has 0 aliphatic carbocycles. The van der Waals surface area contributed by atoms with Crippen LogP contribution in [0.3, 0.4) is 0 Å². The third-order valence-corrected chi connectivity index (χ3v) is 4.72. The van der Waals surface area contributed by atoms with E-state index in [2.05, 4.69) is 27.0 Å². The summed E-state index contributed by atoms with van der Waals surface area (Å²) in [5.41, 5.74) is 2.07. The number of benzene rings is 1. The first kappa shape index (κ1) is 18.1. The van der Waals surface area contributed by atoms with Crippen molar-refractivity contribution in [2.24, 2.45) is 4.99 Å². The number of aliphatic imine (C=N–C) groups is 1. The van der Waals surface area contributed by atoms with E-state index in [1.807, 2.05) is 44.6 Å². The van der Waals surface area contributed by atoms with Gasteiger partial charge < -0.3 is 9.64 Å². The standard InChI is InChI=1S/C18H22N4OS/c1-13-12-24-18(21-13)15(9-19)10-20-11-17(22(2)3)14-6-5-7-16(8-14)23-4/h5-8,10,12,15,17H,11H2,1-4H3/t15-,17-/m1/s1. The smallest absolute Gasteiger partial charge is 0.133 e. The number of rotatable bonds is 7. The van der Waals surface area contributed by atoms with Crippen molar-refractivity contribution >= 4 is 17.6 Å². The van der Waals surface area contributed by atoms with Crippen molar-refractivity contribution in [3.63, 3.8) is 0 Å². The van der Waals surface area contributed by atoms with Gasteiger partial charge in [0, 0.05) is 17.3 Å². The van der Waals surface area contributed by atoms with Crippen LogP contribution in [0.1, 0.15) is 28.2 Å². The molecule has 0 N–H and O–H groups in total. The van der Waals surface area contributed by atoms with E-state index >= 15 is 0 Å². The van der Waals surface area contributed by atoms with Crippen LogP contribution in [0.25, 0.3) is 0 Å². The molecule has 0 saturated heterocycles. The summed E-state index contributed by atoms with van der Waals surface area (Å²) in [6.45, 7) is 2.50. The van der Waals surface area contributed by atoms with Gasteiger partial charge >= 0.3 is 0 Å². The molecule has 2 rings (SSSR count). The fourth-order valence-corrected chi connectivity index (χ4v) is 3.15. The van der Waals surface area contributed by atoms with E-state index < -0.39 is 5.92 Å². The van der Waals surface area contributed by atoms with Gasteiger partial charge in [-0.25, -0.2) is 4.98 Å². The van der Waals surface area contributed by atoms with Gasteiger partial charge in [-0.05, 0) is 38.7 Å².